The Balaban J connectivity index is 1.79. The number of hydrogen-bond donors (Lipinski definition) is 0. The molecule has 2 saturated heterocycles. The van der Waals surface area contributed by atoms with Gasteiger partial charge in [0.1, 0.15) is 6.61 Å². The van der Waals surface area contributed by atoms with Crippen LogP contribution in [0.2, 0.25) is 5.02 Å². The van der Waals surface area contributed by atoms with E-state index in [-0.39, 0.29) is 0 Å². The molecule has 2 aliphatic rings. The number of ether oxygens (including phenoxy) is 1. The number of amidine groups is 1. The van der Waals surface area contributed by atoms with Crippen LogP contribution in [0.5, 0.6) is 0 Å². The monoisotopic (exact) mass is 279 g/mol. The molecule has 0 radical (unpaired) electrons. The Labute approximate surface area is 118 Å². The van der Waals surface area contributed by atoms with E-state index in [2.05, 4.69) is 10.0 Å². The van der Waals surface area contributed by atoms with Crippen LogP contribution in [0.3, 0.4) is 0 Å². The lowest BCUT2D eigenvalue weighted by molar-refractivity contribution is -0.0782. The first-order valence-corrected chi connectivity index (χ1v) is 7.09. The quantitative estimate of drug-likeness (QED) is 0.791. The first-order valence-electron chi connectivity index (χ1n) is 6.71. The van der Waals surface area contributed by atoms with E-state index in [9.17, 15) is 0 Å². The lowest BCUT2D eigenvalue weighted by Crippen LogP contribution is -2.58. The summed E-state index contributed by atoms with van der Waals surface area (Å²) in [5, 5.41) is 5.13. The van der Waals surface area contributed by atoms with E-state index in [4.69, 9.17) is 16.3 Å². The zero-order valence-corrected chi connectivity index (χ0v) is 11.8. The van der Waals surface area contributed by atoms with Gasteiger partial charge in [0.15, 0.2) is 0 Å². The Morgan fingerprint density at radius 3 is 2.84 bits per heavy atom. The summed E-state index contributed by atoms with van der Waals surface area (Å²) in [6.07, 6.45) is 3.75. The molecule has 1 aromatic rings. The number of hydrazine groups is 1. The highest BCUT2D eigenvalue weighted by atomic mass is 35.5. The first kappa shape index (κ1) is 12.8. The van der Waals surface area contributed by atoms with Gasteiger partial charge in [0, 0.05) is 18.6 Å². The van der Waals surface area contributed by atoms with Crippen molar-refractivity contribution in [3.63, 3.8) is 0 Å². The molecule has 1 aromatic carbocycles. The fraction of sp³-hybridized carbons (Fsp3) is 0.500. The van der Waals surface area contributed by atoms with Crippen molar-refractivity contribution in [3.05, 3.63) is 29.3 Å². The second kappa shape index (κ2) is 5.39. The van der Waals surface area contributed by atoms with Gasteiger partial charge in [0.2, 0.25) is 0 Å². The van der Waals surface area contributed by atoms with Crippen LogP contribution >= 0.6 is 11.6 Å². The van der Waals surface area contributed by atoms with Crippen LogP contribution in [0.4, 0.5) is 5.69 Å². The average molecular weight is 280 g/mol. The number of benzene rings is 1. The molecule has 102 valence electrons. The van der Waals surface area contributed by atoms with E-state index in [1.165, 1.54) is 19.3 Å². The number of aliphatic imine (C=N–C) groups is 1. The minimum atomic E-state index is 0.503. The molecular weight excluding hydrogens is 262 g/mol. The Morgan fingerprint density at radius 1 is 1.26 bits per heavy atom. The molecule has 0 N–H and O–H groups in total. The van der Waals surface area contributed by atoms with E-state index in [0.717, 1.165) is 23.9 Å². The van der Waals surface area contributed by atoms with Crippen LogP contribution in [0.15, 0.2) is 29.3 Å². The van der Waals surface area contributed by atoms with Gasteiger partial charge in [-0.25, -0.2) is 5.01 Å². The van der Waals surface area contributed by atoms with Crippen molar-refractivity contribution in [1.82, 2.24) is 10.0 Å². The van der Waals surface area contributed by atoms with Crippen LogP contribution in [0.1, 0.15) is 19.3 Å². The Kier molecular flexibility index (Phi) is 3.62. The summed E-state index contributed by atoms with van der Waals surface area (Å²) < 4.78 is 5.80. The molecule has 0 aromatic heterocycles. The normalized spacial score (nSPS) is 26.1. The van der Waals surface area contributed by atoms with Gasteiger partial charge >= 0.3 is 6.02 Å². The Hall–Kier alpha value is -1.26. The van der Waals surface area contributed by atoms with Crippen molar-refractivity contribution in [1.29, 1.82) is 0 Å². The fourth-order valence-corrected chi connectivity index (χ4v) is 2.78. The summed E-state index contributed by atoms with van der Waals surface area (Å²) in [7, 11) is 2.02. The maximum Gasteiger partial charge on any atom is 0.307 e. The maximum absolute atomic E-state index is 5.88. The highest BCUT2D eigenvalue weighted by molar-refractivity contribution is 6.30. The smallest absolute Gasteiger partial charge is 0.307 e. The number of halogens is 1. The van der Waals surface area contributed by atoms with Gasteiger partial charge in [-0.15, -0.1) is 0 Å². The molecule has 19 heavy (non-hydrogen) atoms. The lowest BCUT2D eigenvalue weighted by atomic mass is 10.0. The zero-order valence-electron chi connectivity index (χ0n) is 11.1. The van der Waals surface area contributed by atoms with Gasteiger partial charge < -0.3 is 4.74 Å². The molecule has 0 aliphatic carbocycles. The van der Waals surface area contributed by atoms with Crippen molar-refractivity contribution in [2.75, 3.05) is 20.2 Å². The molecule has 4 nitrogen and oxygen atoms in total. The standard InChI is InChI=1S/C14H18ClN3O/c1-17-14(16-12-7-5-11(15)6-8-12)19-10-13-4-2-3-9-18(13)17/h5-8,13H,2-4,9-10H2,1H3. The van der Waals surface area contributed by atoms with Crippen LogP contribution in [0.25, 0.3) is 0 Å². The minimum Gasteiger partial charge on any atom is -0.462 e. The highest BCUT2D eigenvalue weighted by Crippen LogP contribution is 2.24. The largest absolute Gasteiger partial charge is 0.462 e. The van der Waals surface area contributed by atoms with Gasteiger partial charge in [-0.1, -0.05) is 18.0 Å². The third-order valence-corrected chi connectivity index (χ3v) is 3.97. The predicted molar refractivity (Wildman–Crippen MR) is 76.6 cm³/mol. The lowest BCUT2D eigenvalue weighted by Gasteiger charge is -2.45. The summed E-state index contributed by atoms with van der Waals surface area (Å²) >= 11 is 5.88. The highest BCUT2D eigenvalue weighted by Gasteiger charge is 2.33. The van der Waals surface area contributed by atoms with Crippen LogP contribution in [0, 0.1) is 0 Å². The molecular formula is C14H18ClN3O. The summed E-state index contributed by atoms with van der Waals surface area (Å²) in [5.41, 5.74) is 0.863. The summed E-state index contributed by atoms with van der Waals surface area (Å²) in [6, 6.07) is 8.65. The second-order valence-corrected chi connectivity index (χ2v) is 5.45. The molecule has 1 atom stereocenters. The molecule has 0 spiro atoms. The van der Waals surface area contributed by atoms with Crippen molar-refractivity contribution >= 4 is 23.3 Å². The first-order chi connectivity index (χ1) is 9.24. The second-order valence-electron chi connectivity index (χ2n) is 5.02. The Morgan fingerprint density at radius 2 is 2.05 bits per heavy atom. The summed E-state index contributed by atoms with van der Waals surface area (Å²) in [5.74, 6) is 0. The SMILES string of the molecule is CN1C(=Nc2ccc(Cl)cc2)OCC2CCCCN21. The Bertz CT molecular complexity index is 474. The number of fused-ring (bicyclic) bond motifs is 1. The van der Waals surface area contributed by atoms with E-state index >= 15 is 0 Å². The van der Waals surface area contributed by atoms with Gasteiger partial charge in [-0.3, -0.25) is 5.01 Å². The van der Waals surface area contributed by atoms with E-state index in [0.29, 0.717) is 12.1 Å². The fourth-order valence-electron chi connectivity index (χ4n) is 2.65. The number of hydrogen-bond acceptors (Lipinski definition) is 3. The summed E-state index contributed by atoms with van der Waals surface area (Å²) in [6.45, 7) is 1.82. The van der Waals surface area contributed by atoms with Gasteiger partial charge in [-0.2, -0.15) is 4.99 Å². The number of piperidine rings is 1. The summed E-state index contributed by atoms with van der Waals surface area (Å²) in [4.78, 5) is 4.55. The molecule has 0 bridgehead atoms. The van der Waals surface area contributed by atoms with Crippen LogP contribution in [-0.2, 0) is 4.74 Å². The number of nitrogens with zero attached hydrogens (tertiary/aromatic N) is 3. The van der Waals surface area contributed by atoms with Crippen molar-refractivity contribution < 1.29 is 4.74 Å². The molecule has 2 heterocycles. The zero-order chi connectivity index (χ0) is 13.2. The van der Waals surface area contributed by atoms with Crippen molar-refractivity contribution in [3.8, 4) is 0 Å². The molecule has 3 rings (SSSR count). The molecule has 0 amide bonds. The average Bonchev–Trinajstić information content (AvgIpc) is 2.45. The molecule has 2 aliphatic heterocycles. The predicted octanol–water partition coefficient (Wildman–Crippen LogP) is 3.06. The molecule has 0 saturated carbocycles. The number of rotatable bonds is 1. The van der Waals surface area contributed by atoms with Gasteiger partial charge in [-0.05, 0) is 37.1 Å². The van der Waals surface area contributed by atoms with Crippen LogP contribution in [-0.4, -0.2) is 42.3 Å². The van der Waals surface area contributed by atoms with E-state index in [1.807, 2.05) is 36.3 Å². The minimum absolute atomic E-state index is 0.503. The third-order valence-electron chi connectivity index (χ3n) is 3.71. The molecule has 1 unspecified atom stereocenters. The topological polar surface area (TPSA) is 28.1 Å². The third kappa shape index (κ3) is 2.69. The maximum atomic E-state index is 5.88. The molecule has 5 heteroatoms. The van der Waals surface area contributed by atoms with Gasteiger partial charge in [0.25, 0.3) is 0 Å². The van der Waals surface area contributed by atoms with Crippen molar-refractivity contribution in [2.45, 2.75) is 25.3 Å². The van der Waals surface area contributed by atoms with Crippen molar-refractivity contribution in [2.24, 2.45) is 4.99 Å². The van der Waals surface area contributed by atoms with Gasteiger partial charge in [0.05, 0.1) is 11.7 Å². The van der Waals surface area contributed by atoms with E-state index < -0.39 is 0 Å². The van der Waals surface area contributed by atoms with E-state index in [1.54, 1.807) is 0 Å². The molecule has 2 fully saturated rings. The van der Waals surface area contributed by atoms with Crippen LogP contribution < -0.4 is 0 Å².